The minimum atomic E-state index is -0.663. The first-order valence-corrected chi connectivity index (χ1v) is 12.4. The molecule has 0 saturated carbocycles. The summed E-state index contributed by atoms with van der Waals surface area (Å²) in [6.45, 7) is 0. The molecule has 4 aromatic rings. The van der Waals surface area contributed by atoms with Gasteiger partial charge in [0.05, 0.1) is 37.0 Å². The Labute approximate surface area is 236 Å². The number of benzene rings is 4. The van der Waals surface area contributed by atoms with Crippen molar-refractivity contribution in [1.82, 2.24) is 0 Å². The Morgan fingerprint density at radius 3 is 1.59 bits per heavy atom. The average Bonchev–Trinajstić information content (AvgIpc) is 2.96. The lowest BCUT2D eigenvalue weighted by atomic mass is 10.1. The summed E-state index contributed by atoms with van der Waals surface area (Å²) in [5, 5.41) is 36.4. The Kier molecular flexibility index (Phi) is 8.61. The van der Waals surface area contributed by atoms with Crippen molar-refractivity contribution in [3.8, 4) is 22.6 Å². The molecule has 0 atom stereocenters. The van der Waals surface area contributed by atoms with E-state index in [0.717, 1.165) is 14.7 Å². The third-order valence-electron chi connectivity index (χ3n) is 5.47. The number of methoxy groups -OCH3 is 2. The summed E-state index contributed by atoms with van der Waals surface area (Å²) < 4.78 is 10.2. The van der Waals surface area contributed by atoms with E-state index in [0.29, 0.717) is 22.7 Å². The lowest BCUT2D eigenvalue weighted by Gasteiger charge is -2.05. The van der Waals surface area contributed by atoms with Crippen LogP contribution < -0.4 is 0 Å². The van der Waals surface area contributed by atoms with Crippen molar-refractivity contribution in [3.05, 3.63) is 93.6 Å². The molecule has 0 aliphatic rings. The molecule has 0 aromatic heterocycles. The maximum atomic E-state index is 11.8. The van der Waals surface area contributed by atoms with E-state index in [2.05, 4.69) is 52.5 Å². The maximum Gasteiger partial charge on any atom is 0.341 e. The van der Waals surface area contributed by atoms with Crippen LogP contribution in [0.3, 0.4) is 0 Å². The number of carbonyl (C=O) groups excluding carboxylic acids is 2. The van der Waals surface area contributed by atoms with Crippen LogP contribution in [-0.4, -0.2) is 36.4 Å². The van der Waals surface area contributed by atoms with Crippen LogP contribution in [-0.2, 0) is 9.47 Å². The van der Waals surface area contributed by atoms with Gasteiger partial charge in [-0.2, -0.15) is 15.3 Å². The van der Waals surface area contributed by atoms with Crippen LogP contribution in [0.15, 0.2) is 99.3 Å². The van der Waals surface area contributed by atoms with E-state index in [1.165, 1.54) is 38.5 Å². The molecule has 0 fully saturated rings. The van der Waals surface area contributed by atoms with Crippen molar-refractivity contribution in [2.45, 2.75) is 0 Å². The smallest absolute Gasteiger partial charge is 0.341 e. The molecule has 10 nitrogen and oxygen atoms in total. The highest BCUT2D eigenvalue weighted by atomic mass is 127. The van der Waals surface area contributed by atoms with Crippen LogP contribution in [0, 0.1) is 3.57 Å². The van der Waals surface area contributed by atoms with Crippen LogP contribution in [0.25, 0.3) is 11.1 Å². The minimum Gasteiger partial charge on any atom is -0.507 e. The Morgan fingerprint density at radius 2 is 1.08 bits per heavy atom. The number of phenols is 2. The first-order chi connectivity index (χ1) is 18.8. The number of hydrogen-bond donors (Lipinski definition) is 2. The molecule has 0 aliphatic heterocycles. The number of nitrogens with zero attached hydrogens (tertiary/aromatic N) is 4. The summed E-state index contributed by atoms with van der Waals surface area (Å²) in [5.74, 6) is -1.71. The second kappa shape index (κ2) is 12.3. The highest BCUT2D eigenvalue weighted by Gasteiger charge is 2.13. The van der Waals surface area contributed by atoms with E-state index in [1.807, 2.05) is 42.5 Å². The van der Waals surface area contributed by atoms with Crippen LogP contribution in [0.5, 0.6) is 11.5 Å². The summed E-state index contributed by atoms with van der Waals surface area (Å²) in [6, 6.07) is 21.8. The van der Waals surface area contributed by atoms with Gasteiger partial charge in [0, 0.05) is 3.57 Å². The fourth-order valence-electron chi connectivity index (χ4n) is 3.43. The van der Waals surface area contributed by atoms with Gasteiger partial charge in [-0.3, -0.25) is 0 Å². The average molecular weight is 636 g/mol. The van der Waals surface area contributed by atoms with Gasteiger partial charge in [0.15, 0.2) is 0 Å². The van der Waals surface area contributed by atoms with Gasteiger partial charge < -0.3 is 19.7 Å². The molecule has 0 unspecified atom stereocenters. The molecule has 0 bridgehead atoms. The molecule has 0 saturated heterocycles. The third-order valence-corrected chi connectivity index (χ3v) is 6.34. The van der Waals surface area contributed by atoms with E-state index >= 15 is 0 Å². The second-order valence-corrected chi connectivity index (χ2v) is 9.16. The predicted octanol–water partition coefficient (Wildman–Crippen LogP) is 7.77. The first kappa shape index (κ1) is 27.4. The van der Waals surface area contributed by atoms with Crippen molar-refractivity contribution in [2.24, 2.45) is 20.5 Å². The van der Waals surface area contributed by atoms with E-state index < -0.39 is 11.9 Å². The number of ether oxygens (including phenoxy) is 2. The minimum absolute atomic E-state index is 0.0101. The highest BCUT2D eigenvalue weighted by Crippen LogP contribution is 2.32. The molecule has 0 amide bonds. The summed E-state index contributed by atoms with van der Waals surface area (Å²) in [7, 11) is 2.47. The van der Waals surface area contributed by atoms with Crippen LogP contribution in [0.4, 0.5) is 22.7 Å². The topological polar surface area (TPSA) is 142 Å². The monoisotopic (exact) mass is 636 g/mol. The predicted molar refractivity (Wildman–Crippen MR) is 152 cm³/mol. The summed E-state index contributed by atoms with van der Waals surface area (Å²) in [5.41, 5.74) is 3.96. The summed E-state index contributed by atoms with van der Waals surface area (Å²) in [4.78, 5) is 23.5. The molecular formula is C28H21IN4O6. The lowest BCUT2D eigenvalue weighted by molar-refractivity contribution is 0.0588. The molecule has 4 aromatic carbocycles. The fraction of sp³-hybridized carbons (Fsp3) is 0.0714. The van der Waals surface area contributed by atoms with Gasteiger partial charge in [0.2, 0.25) is 0 Å². The SMILES string of the molecule is COC(=O)c1cc(N=Nc2ccc(-c3ccc(N=Nc4ccc(O)c(C(=O)OC)c4)c(I)c3)cc2)ccc1O. The zero-order valence-corrected chi connectivity index (χ0v) is 22.9. The molecular weight excluding hydrogens is 615 g/mol. The normalized spacial score (nSPS) is 11.2. The van der Waals surface area contributed by atoms with Gasteiger partial charge in [0.25, 0.3) is 0 Å². The van der Waals surface area contributed by atoms with Crippen molar-refractivity contribution < 1.29 is 29.3 Å². The number of hydrogen-bond acceptors (Lipinski definition) is 10. The van der Waals surface area contributed by atoms with Crippen molar-refractivity contribution in [2.75, 3.05) is 14.2 Å². The molecule has 0 spiro atoms. The number of rotatable bonds is 7. The molecule has 196 valence electrons. The molecule has 0 aliphatic carbocycles. The number of halogens is 1. The van der Waals surface area contributed by atoms with E-state index in [1.54, 1.807) is 12.1 Å². The summed E-state index contributed by atoms with van der Waals surface area (Å²) >= 11 is 2.17. The third kappa shape index (κ3) is 6.62. The van der Waals surface area contributed by atoms with Gasteiger partial charge in [-0.15, -0.1) is 5.11 Å². The number of carbonyl (C=O) groups is 2. The van der Waals surface area contributed by atoms with Crippen LogP contribution in [0.1, 0.15) is 20.7 Å². The van der Waals surface area contributed by atoms with Gasteiger partial charge in [0.1, 0.15) is 22.6 Å². The number of phenolic OH excluding ortho intramolecular Hbond substituents is 2. The highest BCUT2D eigenvalue weighted by molar-refractivity contribution is 14.1. The van der Waals surface area contributed by atoms with Crippen LogP contribution in [0.2, 0.25) is 0 Å². The van der Waals surface area contributed by atoms with Gasteiger partial charge in [-0.25, -0.2) is 9.59 Å². The number of azo groups is 2. The van der Waals surface area contributed by atoms with Gasteiger partial charge in [-0.05, 0) is 94.4 Å². The van der Waals surface area contributed by atoms with Crippen LogP contribution >= 0.6 is 22.6 Å². The quantitative estimate of drug-likeness (QED) is 0.121. The Hall–Kier alpha value is -4.65. The summed E-state index contributed by atoms with van der Waals surface area (Å²) in [6.07, 6.45) is 0. The Bertz CT molecular complexity index is 1600. The van der Waals surface area contributed by atoms with Gasteiger partial charge in [-0.1, -0.05) is 18.2 Å². The molecule has 39 heavy (non-hydrogen) atoms. The molecule has 0 radical (unpaired) electrons. The zero-order chi connectivity index (χ0) is 27.9. The van der Waals surface area contributed by atoms with Gasteiger partial charge >= 0.3 is 11.9 Å². The standard InChI is InChI=1S/C28H21IN4O6/c1-38-27(36)21-14-19(8-11-25(21)34)31-30-18-6-3-16(4-7-18)17-5-10-24(23(29)13-17)33-32-20-9-12-26(35)22(15-20)28(37)39-2/h3-15,34-35H,1-2H3. The maximum absolute atomic E-state index is 11.8. The van der Waals surface area contributed by atoms with E-state index in [9.17, 15) is 19.8 Å². The zero-order valence-electron chi connectivity index (χ0n) is 20.7. The molecule has 2 N–H and O–H groups in total. The van der Waals surface area contributed by atoms with Crippen molar-refractivity contribution in [3.63, 3.8) is 0 Å². The molecule has 11 heteroatoms. The Morgan fingerprint density at radius 1 is 0.615 bits per heavy atom. The largest absolute Gasteiger partial charge is 0.507 e. The molecule has 0 heterocycles. The second-order valence-electron chi connectivity index (χ2n) is 8.00. The number of esters is 2. The fourth-order valence-corrected chi connectivity index (χ4v) is 4.06. The Balaban J connectivity index is 1.48. The molecule has 4 rings (SSSR count). The van der Waals surface area contributed by atoms with Crippen molar-refractivity contribution in [1.29, 1.82) is 0 Å². The van der Waals surface area contributed by atoms with Crippen molar-refractivity contribution >= 4 is 57.3 Å². The van der Waals surface area contributed by atoms with E-state index in [-0.39, 0.29) is 22.6 Å². The lowest BCUT2D eigenvalue weighted by Crippen LogP contribution is -2.00. The number of aromatic hydroxyl groups is 2. The van der Waals surface area contributed by atoms with E-state index in [4.69, 9.17) is 0 Å². The first-order valence-electron chi connectivity index (χ1n) is 11.3.